The highest BCUT2D eigenvalue weighted by Crippen LogP contribution is 2.44. The molecule has 0 saturated heterocycles. The van der Waals surface area contributed by atoms with Crippen LogP contribution in [0, 0.1) is 0 Å². The molecule has 1 aromatic rings. The zero-order valence-corrected chi connectivity index (χ0v) is 8.99. The molecule has 0 aliphatic rings. The number of halogens is 1. The average molecular weight is 267 g/mol. The number of para-hydroxylation sites is 1. The van der Waals surface area contributed by atoms with E-state index in [1.165, 1.54) is 0 Å². The minimum absolute atomic E-state index is 0.406. The molecule has 1 atom stereocenters. The average Bonchev–Trinajstić information content (AvgIpc) is 2.19. The van der Waals surface area contributed by atoms with Gasteiger partial charge in [0.1, 0.15) is 22.0 Å². The van der Waals surface area contributed by atoms with Gasteiger partial charge in [-0.25, -0.2) is 8.18 Å². The molecule has 0 spiro atoms. The summed E-state index contributed by atoms with van der Waals surface area (Å²) in [5.74, 6) is 5.38. The first-order valence-corrected chi connectivity index (χ1v) is 5.52. The third-order valence-corrected chi connectivity index (χ3v) is 3.31. The third-order valence-electron chi connectivity index (χ3n) is 1.22. The zero-order valence-electron chi connectivity index (χ0n) is 6.51. The fourth-order valence-electron chi connectivity index (χ4n) is 0.680. The summed E-state index contributed by atoms with van der Waals surface area (Å²) >= 11 is 2.56. The zero-order chi connectivity index (χ0) is 9.73. The highest BCUT2D eigenvalue weighted by Gasteiger charge is 2.23. The first kappa shape index (κ1) is 10.7. The molecular weight excluding hydrogens is 259 g/mol. The van der Waals surface area contributed by atoms with Gasteiger partial charge in [0.05, 0.1) is 0 Å². The molecule has 0 radical (unpaired) electrons. The Kier molecular flexibility index (Phi) is 3.90. The highest BCUT2D eigenvalue weighted by atomic mass is 79.9. The van der Waals surface area contributed by atoms with E-state index in [2.05, 4.69) is 19.9 Å². The number of hydrogen-bond donors (Lipinski definition) is 2. The van der Waals surface area contributed by atoms with Crippen molar-refractivity contribution in [3.8, 4) is 5.75 Å². The first-order chi connectivity index (χ1) is 6.20. The second kappa shape index (κ2) is 4.74. The van der Waals surface area contributed by atoms with Crippen molar-refractivity contribution in [2.45, 2.75) is 0 Å². The summed E-state index contributed by atoms with van der Waals surface area (Å²) in [5, 5.41) is 1.94. The van der Waals surface area contributed by atoms with Crippen LogP contribution >= 0.6 is 24.0 Å². The van der Waals surface area contributed by atoms with Crippen molar-refractivity contribution in [3.05, 3.63) is 30.3 Å². The summed E-state index contributed by atoms with van der Waals surface area (Å²) in [6, 6.07) is 8.56. The normalized spacial score (nSPS) is 14.9. The van der Waals surface area contributed by atoms with Crippen LogP contribution in [0.15, 0.2) is 30.3 Å². The van der Waals surface area contributed by atoms with Gasteiger partial charge in [0.25, 0.3) is 0 Å². The van der Waals surface area contributed by atoms with Crippen molar-refractivity contribution < 1.29 is 12.7 Å². The van der Waals surface area contributed by atoms with Crippen LogP contribution < -0.4 is 15.6 Å². The van der Waals surface area contributed by atoms with Crippen LogP contribution in [0.25, 0.3) is 0 Å². The quantitative estimate of drug-likeness (QED) is 0.495. The summed E-state index contributed by atoms with van der Waals surface area (Å²) in [4.78, 5) is 0. The van der Waals surface area contributed by atoms with E-state index >= 15 is 0 Å². The van der Waals surface area contributed by atoms with Crippen LogP contribution in [-0.4, -0.2) is 0 Å². The van der Waals surface area contributed by atoms with Crippen molar-refractivity contribution in [1.29, 1.82) is 0 Å². The van der Waals surface area contributed by atoms with Crippen LogP contribution in [0.3, 0.4) is 0 Å². The van der Waals surface area contributed by atoms with Crippen molar-refractivity contribution in [3.63, 3.8) is 0 Å². The molecule has 3 N–H and O–H groups in total. The lowest BCUT2D eigenvalue weighted by Crippen LogP contribution is -2.21. The van der Waals surface area contributed by atoms with Gasteiger partial charge in [-0.3, -0.25) is 5.84 Å². The molecule has 0 heterocycles. The standard InChI is InChI=1S/C6H8BrN2O3P/c7-12-13(10,9-8)11-6-4-2-1-3-5-6/h1-5H,8H2,(H,9,10). The van der Waals surface area contributed by atoms with Crippen LogP contribution in [0.1, 0.15) is 0 Å². The summed E-state index contributed by atoms with van der Waals surface area (Å²) in [6.45, 7) is 0. The van der Waals surface area contributed by atoms with E-state index in [0.29, 0.717) is 5.75 Å². The van der Waals surface area contributed by atoms with Crippen LogP contribution in [0.5, 0.6) is 5.75 Å². The van der Waals surface area contributed by atoms with Gasteiger partial charge >= 0.3 is 7.75 Å². The van der Waals surface area contributed by atoms with Crippen LogP contribution in [-0.2, 0) is 8.18 Å². The predicted molar refractivity (Wildman–Crippen MR) is 52.0 cm³/mol. The lowest BCUT2D eigenvalue weighted by atomic mass is 10.3. The molecule has 13 heavy (non-hydrogen) atoms. The predicted octanol–water partition coefficient (Wildman–Crippen LogP) is 1.96. The van der Waals surface area contributed by atoms with Gasteiger partial charge in [-0.05, 0) is 12.1 Å². The Morgan fingerprint density at radius 3 is 2.46 bits per heavy atom. The molecule has 0 aliphatic carbocycles. The molecule has 0 aliphatic heterocycles. The highest BCUT2D eigenvalue weighted by molar-refractivity contribution is 9.06. The fraction of sp³-hybridized carbons (Fsp3) is 0. The second-order valence-electron chi connectivity index (χ2n) is 2.10. The topological polar surface area (TPSA) is 73.6 Å². The van der Waals surface area contributed by atoms with Crippen molar-refractivity contribution in [2.75, 3.05) is 0 Å². The summed E-state index contributed by atoms with van der Waals surface area (Å²) < 4.78 is 20.7. The first-order valence-electron chi connectivity index (χ1n) is 3.33. The van der Waals surface area contributed by atoms with Gasteiger partial charge in [0.2, 0.25) is 0 Å². The molecule has 1 aromatic carbocycles. The molecule has 5 nitrogen and oxygen atoms in total. The number of benzene rings is 1. The van der Waals surface area contributed by atoms with Gasteiger partial charge in [-0.15, -0.1) is 0 Å². The Hall–Kier alpha value is -0.390. The summed E-state index contributed by atoms with van der Waals surface area (Å²) in [7, 11) is -3.46. The van der Waals surface area contributed by atoms with E-state index in [-0.39, 0.29) is 0 Å². The Morgan fingerprint density at radius 2 is 2.00 bits per heavy atom. The molecular formula is C6H8BrN2O3P. The van der Waals surface area contributed by atoms with Crippen LogP contribution in [0.2, 0.25) is 0 Å². The largest absolute Gasteiger partial charge is 0.482 e. The van der Waals surface area contributed by atoms with Crippen LogP contribution in [0.4, 0.5) is 0 Å². The minimum atomic E-state index is -3.46. The van der Waals surface area contributed by atoms with E-state index in [9.17, 15) is 4.57 Å². The Bertz CT molecular complexity index is 300. The molecule has 0 aromatic heterocycles. The fourth-order valence-corrected chi connectivity index (χ4v) is 1.63. The van der Waals surface area contributed by atoms with Gasteiger partial charge in [0, 0.05) is 0 Å². The Morgan fingerprint density at radius 1 is 1.38 bits per heavy atom. The Balaban J connectivity index is 2.74. The summed E-state index contributed by atoms with van der Waals surface area (Å²) in [5.41, 5.74) is 0. The molecule has 7 heteroatoms. The van der Waals surface area contributed by atoms with E-state index in [0.717, 1.165) is 0 Å². The second-order valence-corrected chi connectivity index (χ2v) is 4.54. The smallest absolute Gasteiger partial charge is 0.412 e. The van der Waals surface area contributed by atoms with Gasteiger partial charge in [-0.2, -0.15) is 5.20 Å². The number of hydrogen-bond acceptors (Lipinski definition) is 4. The molecule has 72 valence electrons. The van der Waals surface area contributed by atoms with E-state index < -0.39 is 7.75 Å². The van der Waals surface area contributed by atoms with E-state index in [1.807, 2.05) is 11.3 Å². The molecule has 0 amide bonds. The van der Waals surface area contributed by atoms with Gasteiger partial charge in [-0.1, -0.05) is 18.2 Å². The molecule has 1 rings (SSSR count). The lowest BCUT2D eigenvalue weighted by molar-refractivity contribution is 0.399. The minimum Gasteiger partial charge on any atom is -0.412 e. The maximum absolute atomic E-state index is 11.4. The number of nitrogens with one attached hydrogen (secondary N) is 1. The van der Waals surface area contributed by atoms with E-state index in [1.54, 1.807) is 24.3 Å². The SMILES string of the molecule is NNP(=O)(OBr)Oc1ccccc1. The monoisotopic (exact) mass is 266 g/mol. The summed E-state index contributed by atoms with van der Waals surface area (Å²) in [6.07, 6.45) is 0. The lowest BCUT2D eigenvalue weighted by Gasteiger charge is -2.13. The molecule has 0 saturated carbocycles. The number of rotatable bonds is 4. The number of nitrogens with two attached hydrogens (primary N) is 1. The maximum Gasteiger partial charge on any atom is 0.482 e. The van der Waals surface area contributed by atoms with Gasteiger partial charge < -0.3 is 4.52 Å². The van der Waals surface area contributed by atoms with Crippen molar-refractivity contribution in [2.24, 2.45) is 5.84 Å². The van der Waals surface area contributed by atoms with Crippen molar-refractivity contribution in [1.82, 2.24) is 5.20 Å². The van der Waals surface area contributed by atoms with Crippen molar-refractivity contribution >= 4 is 24.0 Å². The molecule has 0 fully saturated rings. The molecule has 0 bridgehead atoms. The Labute approximate surface area is 84.2 Å². The third kappa shape index (κ3) is 3.10. The van der Waals surface area contributed by atoms with E-state index in [4.69, 9.17) is 10.4 Å². The van der Waals surface area contributed by atoms with Gasteiger partial charge in [0.15, 0.2) is 0 Å². The maximum atomic E-state index is 11.4. The number of hydrazine groups is 1. The molecule has 1 unspecified atom stereocenters.